The largest absolute Gasteiger partial charge is 0.508 e. The first kappa shape index (κ1) is 33.4. The standard InChI is InChI=1S/C30H42N2O9/c1-16-10-9-11-23(37-5)28(41-30(31)36)18(3)12-17(2)27(40-8)24(38-6)13-19(4)26(39-7)21-14-20(33)15-22(25(21)34)32-29(16)35/h9-12,14-15,17,23-24,27-28,33-34H,13H2,1-8H3,(H2,31,36)(H,32,35). The van der Waals surface area contributed by atoms with Crippen molar-refractivity contribution in [2.24, 2.45) is 11.7 Å². The highest BCUT2D eigenvalue weighted by Crippen LogP contribution is 2.39. The zero-order valence-corrected chi connectivity index (χ0v) is 24.9. The lowest BCUT2D eigenvalue weighted by atomic mass is 9.91. The van der Waals surface area contributed by atoms with Gasteiger partial charge in [0.1, 0.15) is 23.4 Å². The summed E-state index contributed by atoms with van der Waals surface area (Å²) in [4.78, 5) is 24.7. The van der Waals surface area contributed by atoms with Gasteiger partial charge in [-0.2, -0.15) is 0 Å². The van der Waals surface area contributed by atoms with E-state index in [-0.39, 0.29) is 34.2 Å². The number of benzene rings is 1. The highest BCUT2D eigenvalue weighted by molar-refractivity contribution is 6.04. The number of amides is 2. The summed E-state index contributed by atoms with van der Waals surface area (Å²) in [5.41, 5.74) is 7.23. The predicted molar refractivity (Wildman–Crippen MR) is 155 cm³/mol. The third-order valence-electron chi connectivity index (χ3n) is 6.94. The number of hydrogen-bond donors (Lipinski definition) is 4. The van der Waals surface area contributed by atoms with Crippen LogP contribution in [0.5, 0.6) is 11.5 Å². The van der Waals surface area contributed by atoms with E-state index in [2.05, 4.69) is 5.32 Å². The number of methoxy groups -OCH3 is 4. The van der Waals surface area contributed by atoms with Gasteiger partial charge in [-0.15, -0.1) is 0 Å². The van der Waals surface area contributed by atoms with Crippen LogP contribution in [0.1, 0.15) is 39.7 Å². The number of primary amides is 1. The zero-order chi connectivity index (χ0) is 30.9. The monoisotopic (exact) mass is 574 g/mol. The summed E-state index contributed by atoms with van der Waals surface area (Å²) in [6.07, 6.45) is 3.52. The summed E-state index contributed by atoms with van der Waals surface area (Å²) in [5, 5.41) is 24.1. The molecule has 5 unspecified atom stereocenters. The molecule has 11 nitrogen and oxygen atoms in total. The molecule has 11 heteroatoms. The summed E-state index contributed by atoms with van der Waals surface area (Å²) in [6.45, 7) is 7.13. The minimum atomic E-state index is -0.967. The van der Waals surface area contributed by atoms with Crippen LogP contribution in [0, 0.1) is 5.92 Å². The molecule has 2 bridgehead atoms. The topological polar surface area (TPSA) is 159 Å². The van der Waals surface area contributed by atoms with E-state index < -0.39 is 36.4 Å². The van der Waals surface area contributed by atoms with E-state index in [1.807, 2.05) is 19.9 Å². The number of fused-ring (bicyclic) bond motifs is 2. The van der Waals surface area contributed by atoms with Crippen molar-refractivity contribution >= 4 is 23.4 Å². The van der Waals surface area contributed by atoms with Gasteiger partial charge in [0.05, 0.1) is 30.6 Å². The number of carbonyl (C=O) groups is 2. The Labute approximate surface area is 241 Å². The van der Waals surface area contributed by atoms with Crippen LogP contribution in [0.4, 0.5) is 10.5 Å². The number of anilines is 1. The lowest BCUT2D eigenvalue weighted by Gasteiger charge is -2.31. The normalized spacial score (nSPS) is 24.8. The molecule has 0 spiro atoms. The smallest absolute Gasteiger partial charge is 0.405 e. The van der Waals surface area contributed by atoms with Crippen molar-refractivity contribution in [3.63, 3.8) is 0 Å². The molecule has 0 aromatic heterocycles. The molecule has 2 rings (SSSR count). The molecule has 1 aliphatic rings. The summed E-state index contributed by atoms with van der Waals surface area (Å²) in [5.74, 6) is -0.903. The van der Waals surface area contributed by atoms with Crippen LogP contribution in [0.2, 0.25) is 0 Å². The van der Waals surface area contributed by atoms with E-state index in [1.54, 1.807) is 40.2 Å². The van der Waals surface area contributed by atoms with Gasteiger partial charge in [-0.25, -0.2) is 4.79 Å². The molecule has 2 amide bonds. The molecule has 0 saturated heterocycles. The van der Waals surface area contributed by atoms with Crippen molar-refractivity contribution in [2.45, 2.75) is 58.5 Å². The SMILES string of the molecule is COC1=C(C)CC(OC)C(OC)C(C)C=C(C)C(OC(N)=O)C(OC)C=CC=C(C)C(=O)Nc2cc(O)cc1c2O. The summed E-state index contributed by atoms with van der Waals surface area (Å²) in [7, 11) is 6.05. The molecular weight excluding hydrogens is 532 g/mol. The maximum absolute atomic E-state index is 12.9. The third-order valence-corrected chi connectivity index (χ3v) is 6.94. The van der Waals surface area contributed by atoms with Gasteiger partial charge in [-0.05, 0) is 38.0 Å². The van der Waals surface area contributed by atoms with Gasteiger partial charge in [0.25, 0.3) is 5.91 Å². The molecule has 0 fully saturated rings. The molecule has 0 radical (unpaired) electrons. The molecule has 5 N–H and O–H groups in total. The number of nitrogens with two attached hydrogens (primary N) is 1. The van der Waals surface area contributed by atoms with Crippen LogP contribution in [-0.2, 0) is 28.5 Å². The number of aromatic hydroxyl groups is 2. The van der Waals surface area contributed by atoms with Gasteiger partial charge in [-0.1, -0.05) is 31.2 Å². The third kappa shape index (κ3) is 8.59. The maximum atomic E-state index is 12.9. The maximum Gasteiger partial charge on any atom is 0.405 e. The van der Waals surface area contributed by atoms with E-state index in [9.17, 15) is 19.8 Å². The molecule has 1 heterocycles. The summed E-state index contributed by atoms with van der Waals surface area (Å²) in [6, 6.07) is 2.60. The average molecular weight is 575 g/mol. The molecule has 226 valence electrons. The van der Waals surface area contributed by atoms with E-state index in [1.165, 1.54) is 32.4 Å². The Hall–Kier alpha value is -3.80. The Kier molecular flexibility index (Phi) is 12.4. The highest BCUT2D eigenvalue weighted by atomic mass is 16.6. The van der Waals surface area contributed by atoms with Crippen LogP contribution in [-0.4, -0.2) is 75.1 Å². The van der Waals surface area contributed by atoms with Gasteiger partial charge < -0.3 is 44.9 Å². The second-order valence-electron chi connectivity index (χ2n) is 9.90. The number of phenolic OH excluding ortho intramolecular Hbond substituents is 2. The van der Waals surface area contributed by atoms with Crippen LogP contribution < -0.4 is 11.1 Å². The van der Waals surface area contributed by atoms with Crippen molar-refractivity contribution in [3.05, 3.63) is 58.7 Å². The molecule has 0 saturated carbocycles. The molecular formula is C30H42N2O9. The lowest BCUT2D eigenvalue weighted by molar-refractivity contribution is -0.112. The fourth-order valence-corrected chi connectivity index (χ4v) is 4.89. The first-order valence-corrected chi connectivity index (χ1v) is 13.1. The average Bonchev–Trinajstić information content (AvgIpc) is 2.91. The van der Waals surface area contributed by atoms with Gasteiger partial charge in [0, 0.05) is 45.3 Å². The Morgan fingerprint density at radius 1 is 1.05 bits per heavy atom. The molecule has 1 aliphatic heterocycles. The minimum absolute atomic E-state index is 0.00167. The quantitative estimate of drug-likeness (QED) is 0.227. The van der Waals surface area contributed by atoms with Gasteiger partial charge in [-0.3, -0.25) is 4.79 Å². The van der Waals surface area contributed by atoms with Crippen molar-refractivity contribution in [1.82, 2.24) is 0 Å². The molecule has 41 heavy (non-hydrogen) atoms. The molecule has 0 aliphatic carbocycles. The van der Waals surface area contributed by atoms with E-state index in [0.29, 0.717) is 23.3 Å². The number of phenols is 2. The number of ether oxygens (including phenoxy) is 5. The zero-order valence-electron chi connectivity index (χ0n) is 24.9. The Morgan fingerprint density at radius 2 is 1.73 bits per heavy atom. The lowest BCUT2D eigenvalue weighted by Crippen LogP contribution is -2.37. The fraction of sp³-hybridized carbons (Fsp3) is 0.467. The van der Waals surface area contributed by atoms with E-state index in [0.717, 1.165) is 0 Å². The number of carbonyl (C=O) groups excluding carboxylic acids is 2. The van der Waals surface area contributed by atoms with Crippen molar-refractivity contribution in [2.75, 3.05) is 33.8 Å². The van der Waals surface area contributed by atoms with Crippen LogP contribution in [0.15, 0.2) is 53.2 Å². The molecule has 5 atom stereocenters. The summed E-state index contributed by atoms with van der Waals surface area (Å²) >= 11 is 0. The second kappa shape index (κ2) is 15.3. The van der Waals surface area contributed by atoms with Crippen molar-refractivity contribution < 1.29 is 43.5 Å². The van der Waals surface area contributed by atoms with Crippen molar-refractivity contribution in [3.8, 4) is 11.5 Å². The van der Waals surface area contributed by atoms with Crippen LogP contribution in [0.3, 0.4) is 0 Å². The van der Waals surface area contributed by atoms with E-state index in [4.69, 9.17) is 29.4 Å². The highest BCUT2D eigenvalue weighted by Gasteiger charge is 2.30. The molecule has 1 aromatic rings. The van der Waals surface area contributed by atoms with Crippen LogP contribution in [0.25, 0.3) is 5.76 Å². The van der Waals surface area contributed by atoms with E-state index >= 15 is 0 Å². The summed E-state index contributed by atoms with van der Waals surface area (Å²) < 4.78 is 28.4. The number of allylic oxidation sites excluding steroid dienone is 2. The Bertz CT molecular complexity index is 1220. The second-order valence-corrected chi connectivity index (χ2v) is 9.90. The van der Waals surface area contributed by atoms with Crippen LogP contribution >= 0.6 is 0 Å². The van der Waals surface area contributed by atoms with Gasteiger partial charge in [0.15, 0.2) is 6.10 Å². The molecule has 1 aromatic carbocycles. The fourth-order valence-electron chi connectivity index (χ4n) is 4.89. The Balaban J connectivity index is 2.78. The van der Waals surface area contributed by atoms with Gasteiger partial charge in [0.2, 0.25) is 0 Å². The first-order chi connectivity index (χ1) is 19.4. The Morgan fingerprint density at radius 3 is 2.29 bits per heavy atom. The number of rotatable bonds is 5. The minimum Gasteiger partial charge on any atom is -0.508 e. The predicted octanol–water partition coefficient (Wildman–Crippen LogP) is 4.41. The number of nitrogens with one attached hydrogen (secondary N) is 1. The number of hydrogen-bond acceptors (Lipinski definition) is 9. The van der Waals surface area contributed by atoms with Gasteiger partial charge >= 0.3 is 6.09 Å². The first-order valence-electron chi connectivity index (χ1n) is 13.1. The van der Waals surface area contributed by atoms with Crippen molar-refractivity contribution in [1.29, 1.82) is 0 Å².